The van der Waals surface area contributed by atoms with Crippen LogP contribution in [0.25, 0.3) is 17.1 Å². The van der Waals surface area contributed by atoms with Gasteiger partial charge in [0.1, 0.15) is 16.9 Å². The van der Waals surface area contributed by atoms with E-state index in [9.17, 15) is 13.6 Å². The zero-order valence-corrected chi connectivity index (χ0v) is 16.4. The van der Waals surface area contributed by atoms with E-state index in [0.717, 1.165) is 17.3 Å². The lowest BCUT2D eigenvalue weighted by Crippen LogP contribution is -2.19. The first-order valence-electron chi connectivity index (χ1n) is 9.01. The van der Waals surface area contributed by atoms with Gasteiger partial charge in [-0.2, -0.15) is 0 Å². The van der Waals surface area contributed by atoms with E-state index in [-0.39, 0.29) is 11.6 Å². The number of nitrogens with two attached hydrogens (primary N) is 1. The van der Waals surface area contributed by atoms with Crippen LogP contribution in [0.2, 0.25) is 0 Å². The Morgan fingerprint density at radius 3 is 2.07 bits per heavy atom. The zero-order valence-electron chi connectivity index (χ0n) is 15.6. The lowest BCUT2D eigenvalue weighted by molar-refractivity contribution is -0.117. The summed E-state index contributed by atoms with van der Waals surface area (Å²) in [6.07, 6.45) is 0. The maximum Gasteiger partial charge on any atom is 0.235 e. The molecule has 2 N–H and O–H groups in total. The normalized spacial score (nSPS) is 11.9. The van der Waals surface area contributed by atoms with Crippen LogP contribution in [0.15, 0.2) is 84.0 Å². The molecule has 0 fully saturated rings. The van der Waals surface area contributed by atoms with Gasteiger partial charge in [-0.1, -0.05) is 42.1 Å². The van der Waals surface area contributed by atoms with E-state index in [1.807, 2.05) is 30.3 Å². The van der Waals surface area contributed by atoms with E-state index in [4.69, 9.17) is 5.73 Å². The number of amides is 1. The van der Waals surface area contributed by atoms with Gasteiger partial charge in [0.2, 0.25) is 5.91 Å². The van der Waals surface area contributed by atoms with Crippen molar-refractivity contribution < 1.29 is 13.6 Å². The van der Waals surface area contributed by atoms with Crippen molar-refractivity contribution in [3.8, 4) is 17.1 Å². The van der Waals surface area contributed by atoms with Gasteiger partial charge in [0.05, 0.1) is 0 Å². The van der Waals surface area contributed by atoms with Gasteiger partial charge in [-0.15, -0.1) is 10.2 Å². The molecule has 1 aromatic heterocycles. The van der Waals surface area contributed by atoms with Gasteiger partial charge in [-0.3, -0.25) is 9.36 Å². The second-order valence-corrected chi connectivity index (χ2v) is 7.51. The largest absolute Gasteiger partial charge is 0.368 e. The molecular formula is C22H16F2N4OS. The number of nitrogens with zero attached hydrogens (tertiary/aromatic N) is 3. The number of thioether (sulfide) groups is 1. The second kappa shape index (κ2) is 8.46. The van der Waals surface area contributed by atoms with Crippen LogP contribution in [0.4, 0.5) is 8.78 Å². The van der Waals surface area contributed by atoms with Crippen LogP contribution in [0.1, 0.15) is 10.8 Å². The van der Waals surface area contributed by atoms with Crippen LogP contribution < -0.4 is 5.73 Å². The minimum absolute atomic E-state index is 0.376. The predicted octanol–water partition coefficient (Wildman–Crippen LogP) is 4.53. The minimum atomic E-state index is -0.698. The molecule has 1 amide bonds. The van der Waals surface area contributed by atoms with Crippen molar-refractivity contribution in [3.63, 3.8) is 0 Å². The fourth-order valence-corrected chi connectivity index (χ4v) is 3.98. The Morgan fingerprint density at radius 1 is 0.867 bits per heavy atom. The predicted molar refractivity (Wildman–Crippen MR) is 111 cm³/mol. The molecular weight excluding hydrogens is 406 g/mol. The summed E-state index contributed by atoms with van der Waals surface area (Å²) in [4.78, 5) is 12.2. The number of halogens is 2. The molecule has 5 nitrogen and oxygen atoms in total. The second-order valence-electron chi connectivity index (χ2n) is 6.44. The summed E-state index contributed by atoms with van der Waals surface area (Å²) < 4.78 is 28.6. The highest BCUT2D eigenvalue weighted by atomic mass is 32.2. The summed E-state index contributed by atoms with van der Waals surface area (Å²) >= 11 is 1.14. The van der Waals surface area contributed by atoms with Crippen LogP contribution >= 0.6 is 11.8 Å². The fourth-order valence-electron chi connectivity index (χ4n) is 2.98. The summed E-state index contributed by atoms with van der Waals surface area (Å²) in [6.45, 7) is 0. The number of rotatable bonds is 6. The molecule has 1 atom stereocenters. The summed E-state index contributed by atoms with van der Waals surface area (Å²) in [7, 11) is 0. The maximum absolute atomic E-state index is 13.5. The smallest absolute Gasteiger partial charge is 0.235 e. The highest BCUT2D eigenvalue weighted by Gasteiger charge is 2.25. The number of primary amides is 1. The van der Waals surface area contributed by atoms with E-state index >= 15 is 0 Å². The SMILES string of the molecule is NC(=O)C(Sc1nnc(-c2ccc(F)cc2)n1-c1ccc(F)cc1)c1ccccc1. The molecule has 3 aromatic carbocycles. The van der Waals surface area contributed by atoms with Crippen molar-refractivity contribution in [2.75, 3.05) is 0 Å². The zero-order chi connectivity index (χ0) is 21.1. The molecule has 0 bridgehead atoms. The standard InChI is InChI=1S/C22H16F2N4OS/c23-16-8-6-15(7-9-16)21-26-27-22(28(21)18-12-10-17(24)11-13-18)30-19(20(25)29)14-4-2-1-3-5-14/h1-13,19H,(H2,25,29). The van der Waals surface area contributed by atoms with Crippen LogP contribution in [0, 0.1) is 11.6 Å². The molecule has 0 saturated heterocycles. The van der Waals surface area contributed by atoms with Crippen LogP contribution in [0.3, 0.4) is 0 Å². The third-order valence-electron chi connectivity index (χ3n) is 4.40. The first kappa shape index (κ1) is 19.8. The van der Waals surface area contributed by atoms with Gasteiger partial charge in [0.15, 0.2) is 11.0 Å². The number of aromatic nitrogens is 3. The fraction of sp³-hybridized carbons (Fsp3) is 0.0455. The summed E-state index contributed by atoms with van der Waals surface area (Å²) in [5, 5.41) is 8.19. The highest BCUT2D eigenvalue weighted by Crippen LogP contribution is 2.37. The molecule has 0 aliphatic rings. The van der Waals surface area contributed by atoms with Crippen molar-refractivity contribution in [2.24, 2.45) is 5.73 Å². The van der Waals surface area contributed by atoms with E-state index < -0.39 is 11.2 Å². The Balaban J connectivity index is 1.82. The number of hydrogen-bond acceptors (Lipinski definition) is 4. The average molecular weight is 422 g/mol. The number of carbonyl (C=O) groups is 1. The highest BCUT2D eigenvalue weighted by molar-refractivity contribution is 8.00. The van der Waals surface area contributed by atoms with Crippen molar-refractivity contribution in [1.29, 1.82) is 0 Å². The lowest BCUT2D eigenvalue weighted by atomic mass is 10.1. The van der Waals surface area contributed by atoms with Crippen LogP contribution in [-0.2, 0) is 4.79 Å². The molecule has 0 aliphatic heterocycles. The molecule has 1 heterocycles. The molecule has 30 heavy (non-hydrogen) atoms. The van der Waals surface area contributed by atoms with Crippen molar-refractivity contribution in [3.05, 3.63) is 96.1 Å². The van der Waals surface area contributed by atoms with Crippen LogP contribution in [0.5, 0.6) is 0 Å². The van der Waals surface area contributed by atoms with Gasteiger partial charge >= 0.3 is 0 Å². The molecule has 0 aliphatic carbocycles. The Kier molecular flexibility index (Phi) is 5.58. The number of benzene rings is 3. The van der Waals surface area contributed by atoms with Crippen molar-refractivity contribution in [2.45, 2.75) is 10.4 Å². The molecule has 150 valence electrons. The van der Waals surface area contributed by atoms with Gasteiger partial charge in [-0.25, -0.2) is 8.78 Å². The molecule has 0 spiro atoms. The molecule has 0 radical (unpaired) electrons. The lowest BCUT2D eigenvalue weighted by Gasteiger charge is -2.15. The molecule has 4 aromatic rings. The Hall–Kier alpha value is -3.52. The number of hydrogen-bond donors (Lipinski definition) is 1. The Labute approximate surface area is 175 Å². The van der Waals surface area contributed by atoms with Crippen molar-refractivity contribution >= 4 is 17.7 Å². The Morgan fingerprint density at radius 2 is 1.47 bits per heavy atom. The first-order chi connectivity index (χ1) is 14.5. The van der Waals surface area contributed by atoms with E-state index in [2.05, 4.69) is 10.2 Å². The quantitative estimate of drug-likeness (QED) is 0.463. The molecule has 0 saturated carbocycles. The van der Waals surface area contributed by atoms with E-state index in [1.165, 1.54) is 24.3 Å². The monoisotopic (exact) mass is 422 g/mol. The third-order valence-corrected chi connectivity index (χ3v) is 5.62. The average Bonchev–Trinajstić information content (AvgIpc) is 3.17. The third kappa shape index (κ3) is 4.08. The summed E-state index contributed by atoms with van der Waals surface area (Å²) in [5.74, 6) is -0.855. The Bertz CT molecular complexity index is 1160. The van der Waals surface area contributed by atoms with Crippen LogP contribution in [-0.4, -0.2) is 20.7 Å². The number of carbonyl (C=O) groups excluding carboxylic acids is 1. The minimum Gasteiger partial charge on any atom is -0.368 e. The van der Waals surface area contributed by atoms with Crippen molar-refractivity contribution in [1.82, 2.24) is 14.8 Å². The topological polar surface area (TPSA) is 73.8 Å². The molecule has 1 unspecified atom stereocenters. The van der Waals surface area contributed by atoms with Gasteiger partial charge in [-0.05, 0) is 54.1 Å². The summed E-state index contributed by atoms with van der Waals surface area (Å²) in [5.41, 5.74) is 7.60. The van der Waals surface area contributed by atoms with Gasteiger partial charge in [0, 0.05) is 11.3 Å². The first-order valence-corrected chi connectivity index (χ1v) is 9.89. The summed E-state index contributed by atoms with van der Waals surface area (Å²) in [6, 6.07) is 20.7. The molecule has 4 rings (SSSR count). The molecule has 8 heteroatoms. The maximum atomic E-state index is 13.5. The van der Waals surface area contributed by atoms with Gasteiger partial charge in [0.25, 0.3) is 0 Å². The van der Waals surface area contributed by atoms with Gasteiger partial charge < -0.3 is 5.73 Å². The van der Waals surface area contributed by atoms with E-state index in [1.54, 1.807) is 28.8 Å². The van der Waals surface area contributed by atoms with E-state index in [0.29, 0.717) is 22.2 Å².